The van der Waals surface area contributed by atoms with Crippen LogP contribution in [0.3, 0.4) is 0 Å². The van der Waals surface area contributed by atoms with Crippen molar-refractivity contribution in [2.24, 2.45) is 0 Å². The van der Waals surface area contributed by atoms with Gasteiger partial charge in [-0.1, -0.05) is 18.2 Å². The van der Waals surface area contributed by atoms with Gasteiger partial charge < -0.3 is 15.4 Å². The SMILES string of the molecule is COc1cccc(NC(=O)Cc2ccc(NC(=O)c3cscn3)cc2)c1. The smallest absolute Gasteiger partial charge is 0.275 e. The minimum atomic E-state index is -0.255. The summed E-state index contributed by atoms with van der Waals surface area (Å²) >= 11 is 1.37. The minimum absolute atomic E-state index is 0.127. The number of aromatic nitrogens is 1. The quantitative estimate of drug-likeness (QED) is 0.698. The van der Waals surface area contributed by atoms with Gasteiger partial charge in [0.25, 0.3) is 5.91 Å². The van der Waals surface area contributed by atoms with Crippen LogP contribution in [0.5, 0.6) is 5.75 Å². The van der Waals surface area contributed by atoms with Crippen LogP contribution in [0.1, 0.15) is 16.1 Å². The predicted octanol–water partition coefficient (Wildman–Crippen LogP) is 3.59. The number of anilines is 2. The Morgan fingerprint density at radius 3 is 2.58 bits per heavy atom. The van der Waals surface area contributed by atoms with Crippen LogP contribution >= 0.6 is 11.3 Å². The van der Waals surface area contributed by atoms with Crippen LogP contribution in [-0.4, -0.2) is 23.9 Å². The summed E-state index contributed by atoms with van der Waals surface area (Å²) in [4.78, 5) is 28.1. The van der Waals surface area contributed by atoms with Crippen molar-refractivity contribution in [3.05, 3.63) is 70.7 Å². The number of methoxy groups -OCH3 is 1. The van der Waals surface area contributed by atoms with E-state index in [2.05, 4.69) is 15.6 Å². The average molecular weight is 367 g/mol. The lowest BCUT2D eigenvalue weighted by atomic mass is 10.1. The summed E-state index contributed by atoms with van der Waals surface area (Å²) in [6, 6.07) is 14.3. The Kier molecular flexibility index (Phi) is 5.60. The summed E-state index contributed by atoms with van der Waals surface area (Å²) in [5, 5.41) is 7.29. The Bertz CT molecular complexity index is 893. The maximum absolute atomic E-state index is 12.2. The van der Waals surface area contributed by atoms with Crippen molar-refractivity contribution in [1.29, 1.82) is 0 Å². The first-order valence-corrected chi connectivity index (χ1v) is 8.81. The molecule has 1 aromatic heterocycles. The number of rotatable bonds is 6. The summed E-state index contributed by atoms with van der Waals surface area (Å²) in [7, 11) is 1.58. The van der Waals surface area contributed by atoms with Crippen LogP contribution in [0.4, 0.5) is 11.4 Å². The molecule has 132 valence electrons. The molecule has 6 nitrogen and oxygen atoms in total. The van der Waals surface area contributed by atoms with Gasteiger partial charge in [0.05, 0.1) is 19.0 Å². The Balaban J connectivity index is 1.56. The molecule has 2 amide bonds. The first kappa shape index (κ1) is 17.6. The van der Waals surface area contributed by atoms with Gasteiger partial charge in [0.2, 0.25) is 5.91 Å². The number of benzene rings is 2. The van der Waals surface area contributed by atoms with Crippen molar-refractivity contribution in [2.75, 3.05) is 17.7 Å². The van der Waals surface area contributed by atoms with Crippen LogP contribution in [0.25, 0.3) is 0 Å². The monoisotopic (exact) mass is 367 g/mol. The van der Waals surface area contributed by atoms with Gasteiger partial charge >= 0.3 is 0 Å². The Morgan fingerprint density at radius 2 is 1.88 bits per heavy atom. The molecule has 0 spiro atoms. The van der Waals surface area contributed by atoms with E-state index in [9.17, 15) is 9.59 Å². The third-order valence-electron chi connectivity index (χ3n) is 3.59. The number of carbonyl (C=O) groups excluding carboxylic acids is 2. The summed E-state index contributed by atoms with van der Waals surface area (Å²) in [6.07, 6.45) is 0.234. The van der Waals surface area contributed by atoms with E-state index in [4.69, 9.17) is 4.74 Å². The molecule has 0 atom stereocenters. The van der Waals surface area contributed by atoms with Crippen molar-refractivity contribution in [3.63, 3.8) is 0 Å². The molecule has 26 heavy (non-hydrogen) atoms. The summed E-state index contributed by atoms with van der Waals surface area (Å²) in [6.45, 7) is 0. The second kappa shape index (κ2) is 8.26. The lowest BCUT2D eigenvalue weighted by molar-refractivity contribution is -0.115. The molecule has 0 saturated carbocycles. The summed E-state index contributed by atoms with van der Waals surface area (Å²) < 4.78 is 5.14. The maximum Gasteiger partial charge on any atom is 0.275 e. The molecule has 0 aliphatic heterocycles. The number of nitrogens with one attached hydrogen (secondary N) is 2. The van der Waals surface area contributed by atoms with Crippen LogP contribution in [0.15, 0.2) is 59.4 Å². The molecule has 7 heteroatoms. The topological polar surface area (TPSA) is 80.3 Å². The van der Waals surface area contributed by atoms with E-state index in [0.717, 1.165) is 5.56 Å². The number of nitrogens with zero attached hydrogens (tertiary/aromatic N) is 1. The van der Waals surface area contributed by atoms with E-state index in [-0.39, 0.29) is 18.2 Å². The third kappa shape index (κ3) is 4.67. The Hall–Kier alpha value is -3.19. The van der Waals surface area contributed by atoms with E-state index in [0.29, 0.717) is 22.8 Å². The molecule has 0 saturated heterocycles. The van der Waals surface area contributed by atoms with Gasteiger partial charge in [-0.3, -0.25) is 9.59 Å². The normalized spacial score (nSPS) is 10.2. The van der Waals surface area contributed by atoms with Gasteiger partial charge in [0.1, 0.15) is 11.4 Å². The minimum Gasteiger partial charge on any atom is -0.497 e. The lowest BCUT2D eigenvalue weighted by Crippen LogP contribution is -2.15. The molecule has 0 aliphatic carbocycles. The van der Waals surface area contributed by atoms with Crippen molar-refractivity contribution in [3.8, 4) is 5.75 Å². The number of carbonyl (C=O) groups is 2. The molecule has 0 fully saturated rings. The van der Waals surface area contributed by atoms with Crippen LogP contribution in [-0.2, 0) is 11.2 Å². The largest absolute Gasteiger partial charge is 0.497 e. The van der Waals surface area contributed by atoms with E-state index in [1.54, 1.807) is 42.3 Å². The highest BCUT2D eigenvalue weighted by Gasteiger charge is 2.09. The highest BCUT2D eigenvalue weighted by molar-refractivity contribution is 7.07. The average Bonchev–Trinajstić information content (AvgIpc) is 3.18. The highest BCUT2D eigenvalue weighted by Crippen LogP contribution is 2.17. The fourth-order valence-electron chi connectivity index (χ4n) is 2.32. The summed E-state index contributed by atoms with van der Waals surface area (Å²) in [5.74, 6) is 0.301. The van der Waals surface area contributed by atoms with Gasteiger partial charge in [0.15, 0.2) is 0 Å². The van der Waals surface area contributed by atoms with Gasteiger partial charge in [-0.2, -0.15) is 0 Å². The van der Waals surface area contributed by atoms with Gasteiger partial charge in [-0.15, -0.1) is 11.3 Å². The molecule has 1 heterocycles. The summed E-state index contributed by atoms with van der Waals surface area (Å²) in [5.41, 5.74) is 4.18. The number of thiazole rings is 1. The van der Waals surface area contributed by atoms with Crippen molar-refractivity contribution >= 4 is 34.5 Å². The molecule has 0 radical (unpaired) electrons. The van der Waals surface area contributed by atoms with E-state index >= 15 is 0 Å². The molecule has 3 aromatic rings. The maximum atomic E-state index is 12.2. The zero-order valence-corrected chi connectivity index (χ0v) is 14.9. The molecule has 0 bridgehead atoms. The predicted molar refractivity (Wildman–Crippen MR) is 102 cm³/mol. The highest BCUT2D eigenvalue weighted by atomic mass is 32.1. The fourth-order valence-corrected chi connectivity index (χ4v) is 2.85. The molecule has 3 rings (SSSR count). The van der Waals surface area contributed by atoms with Crippen LogP contribution in [0, 0.1) is 0 Å². The van der Waals surface area contributed by atoms with Crippen molar-refractivity contribution < 1.29 is 14.3 Å². The molecule has 2 aromatic carbocycles. The number of hydrogen-bond donors (Lipinski definition) is 2. The molecular formula is C19H17N3O3S. The van der Waals surface area contributed by atoms with Crippen molar-refractivity contribution in [1.82, 2.24) is 4.98 Å². The van der Waals surface area contributed by atoms with Crippen LogP contribution in [0.2, 0.25) is 0 Å². The van der Waals surface area contributed by atoms with E-state index < -0.39 is 0 Å². The van der Waals surface area contributed by atoms with Crippen LogP contribution < -0.4 is 15.4 Å². The lowest BCUT2D eigenvalue weighted by Gasteiger charge is -2.08. The Morgan fingerprint density at radius 1 is 1.08 bits per heavy atom. The third-order valence-corrected chi connectivity index (χ3v) is 4.18. The van der Waals surface area contributed by atoms with Gasteiger partial charge in [-0.05, 0) is 29.8 Å². The second-order valence-electron chi connectivity index (χ2n) is 5.48. The van der Waals surface area contributed by atoms with Crippen molar-refractivity contribution in [2.45, 2.75) is 6.42 Å². The molecular weight excluding hydrogens is 350 g/mol. The first-order chi connectivity index (χ1) is 12.6. The standard InChI is InChI=1S/C19H17N3O3S/c1-25-16-4-2-3-15(10-16)21-18(23)9-13-5-7-14(8-6-13)22-19(24)17-11-26-12-20-17/h2-8,10-12H,9H2,1H3,(H,21,23)(H,22,24). The fraction of sp³-hybridized carbons (Fsp3) is 0.105. The Labute approximate surface area is 154 Å². The number of ether oxygens (including phenoxy) is 1. The number of hydrogen-bond acceptors (Lipinski definition) is 5. The molecule has 0 unspecified atom stereocenters. The zero-order chi connectivity index (χ0) is 18.4. The van der Waals surface area contributed by atoms with E-state index in [1.807, 2.05) is 24.3 Å². The van der Waals surface area contributed by atoms with Gasteiger partial charge in [-0.25, -0.2) is 4.98 Å². The van der Waals surface area contributed by atoms with E-state index in [1.165, 1.54) is 11.3 Å². The number of amides is 2. The molecule has 0 aliphatic rings. The molecule has 2 N–H and O–H groups in total. The zero-order valence-electron chi connectivity index (χ0n) is 14.1. The first-order valence-electron chi connectivity index (χ1n) is 7.86. The van der Waals surface area contributed by atoms with Gasteiger partial charge in [0, 0.05) is 22.8 Å². The second-order valence-corrected chi connectivity index (χ2v) is 6.20.